The largest absolute Gasteiger partial charge is 0.329 e. The van der Waals surface area contributed by atoms with Crippen molar-refractivity contribution in [3.63, 3.8) is 0 Å². The Kier molecular flexibility index (Phi) is 2.54. The number of nitrogens with zero attached hydrogens (tertiary/aromatic N) is 3. The smallest absolute Gasteiger partial charge is 0.247 e. The highest BCUT2D eigenvalue weighted by Gasteiger charge is 2.09. The Hall–Kier alpha value is -1.29. The molecule has 14 heavy (non-hydrogen) atoms. The molecule has 2 aromatic heterocycles. The molecule has 0 atom stereocenters. The van der Waals surface area contributed by atoms with Gasteiger partial charge in [0.15, 0.2) is 11.4 Å². The molecule has 0 bridgehead atoms. The monoisotopic (exact) mass is 206 g/mol. The number of aryl methyl sites for hydroxylation is 2. The summed E-state index contributed by atoms with van der Waals surface area (Å²) < 4.78 is 4.09. The van der Waals surface area contributed by atoms with Gasteiger partial charge in [0.1, 0.15) is 7.05 Å². The van der Waals surface area contributed by atoms with Gasteiger partial charge in [-0.25, -0.2) is 4.98 Å². The van der Waals surface area contributed by atoms with Crippen LogP contribution in [0.4, 0.5) is 0 Å². The first kappa shape index (κ1) is 9.27. The molecule has 0 aliphatic carbocycles. The van der Waals surface area contributed by atoms with Crippen molar-refractivity contribution >= 4 is 11.8 Å². The van der Waals surface area contributed by atoms with Crippen LogP contribution in [0.2, 0.25) is 0 Å². The fraction of sp³-hybridized carbons (Fsp3) is 0.200. The van der Waals surface area contributed by atoms with Crippen LogP contribution in [0.1, 0.15) is 0 Å². The van der Waals surface area contributed by atoms with Crippen LogP contribution in [0.15, 0.2) is 47.0 Å². The van der Waals surface area contributed by atoms with Gasteiger partial charge < -0.3 is 4.57 Å². The van der Waals surface area contributed by atoms with E-state index in [9.17, 15) is 0 Å². The van der Waals surface area contributed by atoms with E-state index in [1.807, 2.05) is 49.4 Å². The fourth-order valence-corrected chi connectivity index (χ4v) is 2.01. The highest BCUT2D eigenvalue weighted by molar-refractivity contribution is 7.99. The van der Waals surface area contributed by atoms with Crippen LogP contribution in [0.5, 0.6) is 0 Å². The van der Waals surface area contributed by atoms with Crippen molar-refractivity contribution in [3.8, 4) is 0 Å². The van der Waals surface area contributed by atoms with Gasteiger partial charge in [0.25, 0.3) is 0 Å². The summed E-state index contributed by atoms with van der Waals surface area (Å²) in [5.74, 6) is 0. The summed E-state index contributed by atoms with van der Waals surface area (Å²) in [7, 11) is 4.03. The molecule has 0 aromatic carbocycles. The summed E-state index contributed by atoms with van der Waals surface area (Å²) in [6.45, 7) is 0. The Morgan fingerprint density at radius 2 is 2.29 bits per heavy atom. The highest BCUT2D eigenvalue weighted by Crippen LogP contribution is 2.21. The third-order valence-electron chi connectivity index (χ3n) is 1.98. The molecular formula is C10H12N3S+. The zero-order valence-corrected chi connectivity index (χ0v) is 9.03. The van der Waals surface area contributed by atoms with Gasteiger partial charge >= 0.3 is 0 Å². The van der Waals surface area contributed by atoms with Gasteiger partial charge in [0, 0.05) is 43.3 Å². The van der Waals surface area contributed by atoms with E-state index in [1.54, 1.807) is 11.8 Å². The molecule has 0 amide bonds. The third-order valence-corrected chi connectivity index (χ3v) is 3.19. The van der Waals surface area contributed by atoms with E-state index in [1.165, 1.54) is 5.03 Å². The van der Waals surface area contributed by atoms with Crippen molar-refractivity contribution < 1.29 is 4.57 Å². The molecule has 3 nitrogen and oxygen atoms in total. The SMILES string of the molecule is Cn1ccnc1Sc1cccc[n+]1C. The van der Waals surface area contributed by atoms with E-state index in [0.717, 1.165) is 5.16 Å². The Balaban J connectivity index is 2.28. The average molecular weight is 206 g/mol. The normalized spacial score (nSPS) is 10.4. The lowest BCUT2D eigenvalue weighted by Crippen LogP contribution is -2.29. The summed E-state index contributed by atoms with van der Waals surface area (Å²) in [6.07, 6.45) is 5.79. The summed E-state index contributed by atoms with van der Waals surface area (Å²) in [4.78, 5) is 4.26. The molecule has 0 aliphatic heterocycles. The molecule has 0 unspecified atom stereocenters. The third kappa shape index (κ3) is 1.80. The molecule has 2 aromatic rings. The number of hydrogen-bond acceptors (Lipinski definition) is 2. The first-order chi connectivity index (χ1) is 6.77. The zero-order valence-electron chi connectivity index (χ0n) is 8.21. The van der Waals surface area contributed by atoms with E-state index in [2.05, 4.69) is 15.6 Å². The molecule has 0 fully saturated rings. The lowest BCUT2D eigenvalue weighted by molar-refractivity contribution is -0.708. The summed E-state index contributed by atoms with van der Waals surface area (Å²) >= 11 is 1.66. The predicted octanol–water partition coefficient (Wildman–Crippen LogP) is 1.40. The molecule has 2 rings (SSSR count). The quantitative estimate of drug-likeness (QED) is 0.693. The van der Waals surface area contributed by atoms with Crippen molar-refractivity contribution in [1.29, 1.82) is 0 Å². The Bertz CT molecular complexity index is 436. The molecule has 0 N–H and O–H groups in total. The fourth-order valence-electron chi connectivity index (χ4n) is 1.16. The maximum absolute atomic E-state index is 4.26. The molecule has 0 spiro atoms. The molecule has 0 radical (unpaired) electrons. The minimum Gasteiger partial charge on any atom is -0.329 e. The zero-order chi connectivity index (χ0) is 9.97. The van der Waals surface area contributed by atoms with E-state index in [0.29, 0.717) is 0 Å². The predicted molar refractivity (Wildman–Crippen MR) is 54.9 cm³/mol. The van der Waals surface area contributed by atoms with E-state index in [4.69, 9.17) is 0 Å². The number of imidazole rings is 1. The maximum Gasteiger partial charge on any atom is 0.247 e. The molecule has 0 saturated carbocycles. The van der Waals surface area contributed by atoms with Crippen LogP contribution < -0.4 is 4.57 Å². The number of hydrogen-bond donors (Lipinski definition) is 0. The first-order valence-corrected chi connectivity index (χ1v) is 5.19. The van der Waals surface area contributed by atoms with Gasteiger partial charge in [0.2, 0.25) is 5.03 Å². The molecule has 4 heteroatoms. The maximum atomic E-state index is 4.26. The van der Waals surface area contributed by atoms with Gasteiger partial charge in [-0.1, -0.05) is 0 Å². The van der Waals surface area contributed by atoms with E-state index < -0.39 is 0 Å². The van der Waals surface area contributed by atoms with Crippen LogP contribution in [0.3, 0.4) is 0 Å². The van der Waals surface area contributed by atoms with Gasteiger partial charge in [-0.2, -0.15) is 4.57 Å². The van der Waals surface area contributed by atoms with Crippen LogP contribution in [-0.2, 0) is 14.1 Å². The van der Waals surface area contributed by atoms with E-state index in [-0.39, 0.29) is 0 Å². The van der Waals surface area contributed by atoms with Crippen molar-refractivity contribution in [2.75, 3.05) is 0 Å². The van der Waals surface area contributed by atoms with Gasteiger partial charge in [-0.15, -0.1) is 0 Å². The number of pyridine rings is 1. The second kappa shape index (κ2) is 3.84. The van der Waals surface area contributed by atoms with Crippen molar-refractivity contribution in [3.05, 3.63) is 36.8 Å². The second-order valence-corrected chi connectivity index (χ2v) is 4.06. The Labute approximate surface area is 87.4 Å². The Morgan fingerprint density at radius 3 is 2.93 bits per heavy atom. The number of aromatic nitrogens is 3. The summed E-state index contributed by atoms with van der Waals surface area (Å²) in [6, 6.07) is 6.13. The standard InChI is InChI=1S/C10H12N3S/c1-12-7-4-3-5-9(12)14-10-11-6-8-13(10)2/h3-8H,1-2H3/q+1. The van der Waals surface area contributed by atoms with Crippen LogP contribution in [0.25, 0.3) is 0 Å². The second-order valence-electron chi connectivity index (χ2n) is 3.07. The van der Waals surface area contributed by atoms with E-state index >= 15 is 0 Å². The molecule has 0 aliphatic rings. The summed E-state index contributed by atoms with van der Waals surface area (Å²) in [5, 5.41) is 2.19. The molecule has 72 valence electrons. The Morgan fingerprint density at radius 1 is 1.43 bits per heavy atom. The van der Waals surface area contributed by atoms with Crippen molar-refractivity contribution in [2.24, 2.45) is 14.1 Å². The van der Waals surface area contributed by atoms with Crippen molar-refractivity contribution in [1.82, 2.24) is 9.55 Å². The van der Waals surface area contributed by atoms with Crippen LogP contribution >= 0.6 is 11.8 Å². The van der Waals surface area contributed by atoms with Crippen LogP contribution in [0, 0.1) is 0 Å². The lowest BCUT2D eigenvalue weighted by atomic mass is 10.5. The van der Waals surface area contributed by atoms with Gasteiger partial charge in [-0.05, 0) is 6.07 Å². The van der Waals surface area contributed by atoms with Gasteiger partial charge in [0.05, 0.1) is 0 Å². The molecule has 0 saturated heterocycles. The highest BCUT2D eigenvalue weighted by atomic mass is 32.2. The van der Waals surface area contributed by atoms with Crippen molar-refractivity contribution in [2.45, 2.75) is 10.2 Å². The van der Waals surface area contributed by atoms with Gasteiger partial charge in [-0.3, -0.25) is 0 Å². The lowest BCUT2D eigenvalue weighted by Gasteiger charge is -1.99. The van der Waals surface area contributed by atoms with Crippen LogP contribution in [-0.4, -0.2) is 9.55 Å². The summed E-state index contributed by atoms with van der Waals surface area (Å²) in [5.41, 5.74) is 0. The minimum atomic E-state index is 1.01. The minimum absolute atomic E-state index is 1.01. The topological polar surface area (TPSA) is 21.7 Å². The molecule has 2 heterocycles. The average Bonchev–Trinajstić information content (AvgIpc) is 2.56. The number of rotatable bonds is 2. The molecular weight excluding hydrogens is 194 g/mol. The first-order valence-electron chi connectivity index (χ1n) is 4.37.